The summed E-state index contributed by atoms with van der Waals surface area (Å²) in [5.74, 6) is 2.85. The minimum atomic E-state index is 0.590. The van der Waals surface area contributed by atoms with Crippen LogP contribution in [0, 0.1) is 0 Å². The smallest absolute Gasteiger partial charge is 0.237 e. The van der Waals surface area contributed by atoms with E-state index >= 15 is 0 Å². The van der Waals surface area contributed by atoms with E-state index in [2.05, 4.69) is 43.7 Å². The van der Waals surface area contributed by atoms with Crippen LogP contribution in [-0.4, -0.2) is 25.3 Å². The van der Waals surface area contributed by atoms with Gasteiger partial charge in [0.2, 0.25) is 11.0 Å². The molecule has 3 heterocycles. The molecule has 0 spiro atoms. The lowest BCUT2D eigenvalue weighted by atomic mass is 10.3. The average molecular weight is 321 g/mol. The summed E-state index contributed by atoms with van der Waals surface area (Å²) in [6.07, 6.45) is 2.64. The van der Waals surface area contributed by atoms with Crippen molar-refractivity contribution >= 4 is 23.1 Å². The number of nitrogens with zero attached hydrogens (tertiary/aromatic N) is 4. The van der Waals surface area contributed by atoms with Gasteiger partial charge in [-0.05, 0) is 17.9 Å². The van der Waals surface area contributed by atoms with Crippen molar-refractivity contribution in [3.63, 3.8) is 0 Å². The van der Waals surface area contributed by atoms with Gasteiger partial charge in [0.25, 0.3) is 0 Å². The zero-order valence-corrected chi connectivity index (χ0v) is 13.2. The zero-order chi connectivity index (χ0) is 14.5. The Balaban J connectivity index is 1.54. The Kier molecular flexibility index (Phi) is 4.66. The Morgan fingerprint density at radius 1 is 1.38 bits per heavy atom. The number of aryl methyl sites for hydroxylation is 1. The molecule has 21 heavy (non-hydrogen) atoms. The van der Waals surface area contributed by atoms with Crippen molar-refractivity contribution in [2.24, 2.45) is 0 Å². The topological polar surface area (TPSA) is 80.5 Å². The summed E-state index contributed by atoms with van der Waals surface area (Å²) in [5.41, 5.74) is 0. The van der Waals surface area contributed by atoms with Crippen LogP contribution in [0.4, 0.5) is 0 Å². The van der Waals surface area contributed by atoms with Gasteiger partial charge >= 0.3 is 0 Å². The van der Waals surface area contributed by atoms with Gasteiger partial charge in [-0.25, -0.2) is 4.98 Å². The van der Waals surface area contributed by atoms with Crippen molar-refractivity contribution in [1.82, 2.24) is 25.3 Å². The van der Waals surface area contributed by atoms with E-state index in [1.807, 2.05) is 6.07 Å². The van der Waals surface area contributed by atoms with Gasteiger partial charge in [-0.2, -0.15) is 4.98 Å². The maximum atomic E-state index is 5.18. The fourth-order valence-corrected chi connectivity index (χ4v) is 3.16. The molecule has 3 aromatic heterocycles. The van der Waals surface area contributed by atoms with Crippen LogP contribution in [0.15, 0.2) is 27.2 Å². The Morgan fingerprint density at radius 2 is 2.33 bits per heavy atom. The number of nitrogens with one attached hydrogen (secondary N) is 1. The van der Waals surface area contributed by atoms with Crippen LogP contribution >= 0.6 is 23.1 Å². The van der Waals surface area contributed by atoms with E-state index in [0.717, 1.165) is 30.9 Å². The minimum absolute atomic E-state index is 0.590. The summed E-state index contributed by atoms with van der Waals surface area (Å²) >= 11 is 3.21. The molecule has 3 rings (SSSR count). The Morgan fingerprint density at radius 3 is 3.14 bits per heavy atom. The van der Waals surface area contributed by atoms with E-state index in [9.17, 15) is 0 Å². The molecule has 0 saturated carbocycles. The fourth-order valence-electron chi connectivity index (χ4n) is 1.80. The highest BCUT2D eigenvalue weighted by molar-refractivity contribution is 7.98. The van der Waals surface area contributed by atoms with Crippen LogP contribution in [0.5, 0.6) is 0 Å². The summed E-state index contributed by atoms with van der Waals surface area (Å²) in [5, 5.41) is 13.9. The normalized spacial score (nSPS) is 11.1. The molecule has 110 valence electrons. The Hall–Kier alpha value is -1.67. The molecule has 0 amide bonds. The van der Waals surface area contributed by atoms with Gasteiger partial charge in [0.1, 0.15) is 5.82 Å². The highest BCUT2D eigenvalue weighted by atomic mass is 32.2. The summed E-state index contributed by atoms with van der Waals surface area (Å²) in [4.78, 5) is 10.0. The molecule has 0 unspecified atom stereocenters. The van der Waals surface area contributed by atoms with Crippen molar-refractivity contribution < 1.29 is 4.52 Å². The molecule has 0 aliphatic heterocycles. The Bertz CT molecular complexity index is 676. The summed E-state index contributed by atoms with van der Waals surface area (Å²) < 4.78 is 5.18. The van der Waals surface area contributed by atoms with Crippen LogP contribution in [0.25, 0.3) is 0 Å². The number of hydrogen-bond acceptors (Lipinski definition) is 7. The number of H-pyrrole nitrogens is 1. The quantitative estimate of drug-likeness (QED) is 0.674. The molecule has 1 N–H and O–H groups in total. The fraction of sp³-hybridized carbons (Fsp3) is 0.385. The van der Waals surface area contributed by atoms with Crippen molar-refractivity contribution in [2.75, 3.05) is 0 Å². The lowest BCUT2D eigenvalue weighted by Gasteiger charge is -1.91. The first-order chi connectivity index (χ1) is 10.3. The number of aromatic nitrogens is 5. The third-order valence-corrected chi connectivity index (χ3v) is 4.45. The first-order valence-electron chi connectivity index (χ1n) is 6.71. The van der Waals surface area contributed by atoms with Crippen molar-refractivity contribution in [1.29, 1.82) is 0 Å². The maximum Gasteiger partial charge on any atom is 0.237 e. The lowest BCUT2D eigenvalue weighted by Crippen LogP contribution is -1.88. The maximum absolute atomic E-state index is 5.18. The molecule has 0 saturated heterocycles. The van der Waals surface area contributed by atoms with Crippen molar-refractivity contribution in [3.05, 3.63) is 39.9 Å². The standard InChI is InChI=1S/C13H15N5OS2/c1-2-4-10-14-12(19-18-10)8-21-13-15-11(16-17-13)7-9-5-3-6-20-9/h3,5-6H,2,4,7-8H2,1H3,(H,15,16,17). The molecule has 0 bridgehead atoms. The number of aromatic amines is 1. The van der Waals surface area contributed by atoms with Crippen LogP contribution in [0.1, 0.15) is 35.8 Å². The summed E-state index contributed by atoms with van der Waals surface area (Å²) in [7, 11) is 0. The van der Waals surface area contributed by atoms with E-state index < -0.39 is 0 Å². The average Bonchev–Trinajstić information content (AvgIpc) is 3.20. The van der Waals surface area contributed by atoms with Crippen molar-refractivity contribution in [3.8, 4) is 0 Å². The van der Waals surface area contributed by atoms with Gasteiger partial charge in [-0.3, -0.25) is 5.10 Å². The summed E-state index contributed by atoms with van der Waals surface area (Å²) in [6, 6.07) is 4.13. The number of thiophene rings is 1. The minimum Gasteiger partial charge on any atom is -0.338 e. The molecular weight excluding hydrogens is 306 g/mol. The third kappa shape index (κ3) is 3.92. The molecule has 0 radical (unpaired) electrons. The first kappa shape index (κ1) is 14.3. The van der Waals surface area contributed by atoms with Gasteiger partial charge in [0, 0.05) is 17.7 Å². The lowest BCUT2D eigenvalue weighted by molar-refractivity contribution is 0.384. The molecule has 3 aromatic rings. The zero-order valence-electron chi connectivity index (χ0n) is 11.6. The molecule has 0 aliphatic carbocycles. The molecule has 0 aromatic carbocycles. The van der Waals surface area contributed by atoms with E-state index in [0.29, 0.717) is 16.8 Å². The molecule has 8 heteroatoms. The third-order valence-electron chi connectivity index (χ3n) is 2.74. The second kappa shape index (κ2) is 6.86. The molecule has 0 fully saturated rings. The largest absolute Gasteiger partial charge is 0.338 e. The highest BCUT2D eigenvalue weighted by Crippen LogP contribution is 2.19. The molecule has 6 nitrogen and oxygen atoms in total. The van der Waals surface area contributed by atoms with E-state index in [1.54, 1.807) is 11.3 Å². The van der Waals surface area contributed by atoms with Crippen LogP contribution in [-0.2, 0) is 18.6 Å². The predicted molar refractivity (Wildman–Crippen MR) is 81.4 cm³/mol. The van der Waals surface area contributed by atoms with Gasteiger partial charge in [0.05, 0.1) is 5.75 Å². The number of rotatable bonds is 7. The SMILES string of the molecule is CCCc1noc(CSc2n[nH]c(Cc3cccs3)n2)n1. The summed E-state index contributed by atoms with van der Waals surface area (Å²) in [6.45, 7) is 2.09. The molecular formula is C13H15N5OS2. The molecule has 0 aliphatic rings. The van der Waals surface area contributed by atoms with Gasteiger partial charge in [-0.1, -0.05) is 29.9 Å². The van der Waals surface area contributed by atoms with Gasteiger partial charge in [-0.15, -0.1) is 16.4 Å². The first-order valence-corrected chi connectivity index (χ1v) is 8.58. The van der Waals surface area contributed by atoms with E-state index in [-0.39, 0.29) is 0 Å². The van der Waals surface area contributed by atoms with Crippen LogP contribution < -0.4 is 0 Å². The monoisotopic (exact) mass is 321 g/mol. The highest BCUT2D eigenvalue weighted by Gasteiger charge is 2.09. The van der Waals surface area contributed by atoms with E-state index in [1.165, 1.54) is 16.6 Å². The predicted octanol–water partition coefficient (Wildman–Crippen LogP) is 3.08. The second-order valence-corrected chi connectivity index (χ2v) is 6.44. The van der Waals surface area contributed by atoms with Gasteiger partial charge in [0.15, 0.2) is 5.82 Å². The Labute approximate surface area is 130 Å². The molecule has 0 atom stereocenters. The van der Waals surface area contributed by atoms with Crippen LogP contribution in [0.2, 0.25) is 0 Å². The van der Waals surface area contributed by atoms with Crippen molar-refractivity contribution in [2.45, 2.75) is 37.1 Å². The van der Waals surface area contributed by atoms with Gasteiger partial charge < -0.3 is 4.52 Å². The van der Waals surface area contributed by atoms with Crippen LogP contribution in [0.3, 0.4) is 0 Å². The number of hydrogen-bond donors (Lipinski definition) is 1. The second-order valence-electron chi connectivity index (χ2n) is 4.46. The van der Waals surface area contributed by atoms with E-state index in [4.69, 9.17) is 4.52 Å². The number of thioether (sulfide) groups is 1.